The van der Waals surface area contributed by atoms with E-state index in [0.29, 0.717) is 12.8 Å². The Morgan fingerprint density at radius 3 is 1.12 bits per heavy atom. The topological polar surface area (TPSA) is 192 Å². The molecule has 476 valence electrons. The van der Waals surface area contributed by atoms with Gasteiger partial charge in [-0.2, -0.15) is 8.42 Å². The van der Waals surface area contributed by atoms with Crippen molar-refractivity contribution in [2.45, 2.75) is 397 Å². The monoisotopic (exact) mass is 1160 g/mol. The van der Waals surface area contributed by atoms with Crippen LogP contribution in [0.25, 0.3) is 0 Å². The highest BCUT2D eigenvalue weighted by Gasteiger charge is 2.48. The van der Waals surface area contributed by atoms with E-state index in [-0.39, 0.29) is 12.5 Å². The van der Waals surface area contributed by atoms with Crippen molar-refractivity contribution >= 4 is 16.3 Å². The first-order valence-electron chi connectivity index (χ1n) is 34.6. The summed E-state index contributed by atoms with van der Waals surface area (Å²) in [4.78, 5) is 13.2. The van der Waals surface area contributed by atoms with E-state index in [1.165, 1.54) is 276 Å². The maximum Gasteiger partial charge on any atom is 0.397 e. The zero-order valence-corrected chi connectivity index (χ0v) is 53.0. The number of aliphatic hydroxyl groups is 4. The average Bonchev–Trinajstić information content (AvgIpc) is 3.43. The van der Waals surface area contributed by atoms with Gasteiger partial charge in [0.2, 0.25) is 5.91 Å². The molecule has 1 heterocycles. The number of hydrogen-bond donors (Lipinski definition) is 6. The van der Waals surface area contributed by atoms with Gasteiger partial charge in [-0.25, -0.2) is 4.18 Å². The van der Waals surface area contributed by atoms with Crippen molar-refractivity contribution in [3.63, 3.8) is 0 Å². The summed E-state index contributed by atoms with van der Waals surface area (Å²) < 4.78 is 48.1. The summed E-state index contributed by atoms with van der Waals surface area (Å²) in [6.45, 7) is 3.52. The van der Waals surface area contributed by atoms with Gasteiger partial charge in [0.1, 0.15) is 24.4 Å². The summed E-state index contributed by atoms with van der Waals surface area (Å²) in [7, 11) is -5.08. The molecule has 1 aliphatic rings. The Morgan fingerprint density at radius 1 is 0.487 bits per heavy atom. The molecule has 7 atom stereocenters. The highest BCUT2D eigenvalue weighted by atomic mass is 32.3. The Kier molecular flexibility index (Phi) is 54.7. The molecule has 0 radical (unpaired) electrons. The molecule has 1 amide bonds. The van der Waals surface area contributed by atoms with Crippen molar-refractivity contribution < 1.29 is 51.8 Å². The molecule has 0 spiro atoms. The zero-order valence-electron chi connectivity index (χ0n) is 52.2. The molecule has 7 unspecified atom stereocenters. The third-order valence-corrected chi connectivity index (χ3v) is 17.3. The highest BCUT2D eigenvalue weighted by Crippen LogP contribution is 2.27. The van der Waals surface area contributed by atoms with Gasteiger partial charge in [-0.3, -0.25) is 9.35 Å². The number of unbranched alkanes of at least 4 members (excludes halogenated alkanes) is 48. The Labute approximate surface area is 493 Å². The zero-order chi connectivity index (χ0) is 58.3. The number of hydrogen-bond acceptors (Lipinski definition) is 10. The van der Waals surface area contributed by atoms with Gasteiger partial charge >= 0.3 is 10.4 Å². The molecule has 0 aromatic heterocycles. The third kappa shape index (κ3) is 48.1. The summed E-state index contributed by atoms with van der Waals surface area (Å²) in [6.07, 6.45) is 62.5. The number of carbonyl (C=O) groups excluding carboxylic acids is 1. The van der Waals surface area contributed by atoms with Gasteiger partial charge in [0.25, 0.3) is 0 Å². The molecular formula is C67H131NO11S. The summed E-state index contributed by atoms with van der Waals surface area (Å²) in [5.74, 6) is -0.222. The van der Waals surface area contributed by atoms with Crippen molar-refractivity contribution in [1.29, 1.82) is 0 Å². The average molecular weight is 1160 g/mol. The van der Waals surface area contributed by atoms with Crippen molar-refractivity contribution in [3.8, 4) is 0 Å². The van der Waals surface area contributed by atoms with E-state index in [1.54, 1.807) is 0 Å². The number of allylic oxidation sites excluding steroid dienone is 2. The van der Waals surface area contributed by atoms with E-state index in [4.69, 9.17) is 9.47 Å². The lowest BCUT2D eigenvalue weighted by atomic mass is 9.99. The van der Waals surface area contributed by atoms with Crippen LogP contribution < -0.4 is 5.32 Å². The molecule has 0 bridgehead atoms. The molecule has 0 aromatic carbocycles. The summed E-state index contributed by atoms with van der Waals surface area (Å²) in [5, 5.41) is 45.3. The number of amides is 1. The van der Waals surface area contributed by atoms with Crippen LogP contribution in [0.2, 0.25) is 0 Å². The van der Waals surface area contributed by atoms with Crippen LogP contribution in [0, 0.1) is 0 Å². The van der Waals surface area contributed by atoms with Crippen LogP contribution in [0.4, 0.5) is 0 Å². The van der Waals surface area contributed by atoms with Gasteiger partial charge in [0.15, 0.2) is 6.29 Å². The Balaban J connectivity index is 2.18. The number of ether oxygens (including phenoxy) is 2. The van der Waals surface area contributed by atoms with Gasteiger partial charge in [0.05, 0.1) is 25.4 Å². The summed E-state index contributed by atoms with van der Waals surface area (Å²) in [5.41, 5.74) is 0. The first-order valence-corrected chi connectivity index (χ1v) is 35.9. The molecule has 1 saturated heterocycles. The summed E-state index contributed by atoms with van der Waals surface area (Å²) >= 11 is 0. The maximum absolute atomic E-state index is 13.2. The minimum atomic E-state index is -5.08. The lowest BCUT2D eigenvalue weighted by Gasteiger charge is -2.41. The van der Waals surface area contributed by atoms with E-state index in [1.807, 2.05) is 0 Å². The van der Waals surface area contributed by atoms with Crippen LogP contribution in [-0.4, -0.2) is 95.4 Å². The van der Waals surface area contributed by atoms with Crippen LogP contribution in [0.1, 0.15) is 354 Å². The fourth-order valence-corrected chi connectivity index (χ4v) is 12.0. The number of aliphatic hydroxyl groups excluding tert-OH is 4. The molecular weight excluding hydrogens is 1030 g/mol. The third-order valence-electron chi connectivity index (χ3n) is 16.8. The molecule has 1 rings (SSSR count). The highest BCUT2D eigenvalue weighted by molar-refractivity contribution is 7.80. The predicted molar refractivity (Wildman–Crippen MR) is 333 cm³/mol. The van der Waals surface area contributed by atoms with Crippen LogP contribution in [0.15, 0.2) is 12.2 Å². The van der Waals surface area contributed by atoms with Gasteiger partial charge in [-0.05, 0) is 38.5 Å². The minimum absolute atomic E-state index is 0.222. The molecule has 6 N–H and O–H groups in total. The van der Waals surface area contributed by atoms with E-state index < -0.39 is 59.9 Å². The minimum Gasteiger partial charge on any atom is -0.394 e. The van der Waals surface area contributed by atoms with E-state index in [2.05, 4.69) is 35.5 Å². The molecule has 13 heteroatoms. The van der Waals surface area contributed by atoms with Crippen LogP contribution in [0.5, 0.6) is 0 Å². The van der Waals surface area contributed by atoms with Crippen LogP contribution in [0.3, 0.4) is 0 Å². The maximum atomic E-state index is 13.2. The molecule has 12 nitrogen and oxygen atoms in total. The van der Waals surface area contributed by atoms with E-state index in [9.17, 15) is 38.2 Å². The molecule has 1 aliphatic heterocycles. The lowest BCUT2D eigenvalue weighted by Crippen LogP contribution is -2.61. The Bertz CT molecular complexity index is 1450. The Hall–Kier alpha value is -1.16. The van der Waals surface area contributed by atoms with Gasteiger partial charge in [-0.15, -0.1) is 0 Å². The van der Waals surface area contributed by atoms with E-state index in [0.717, 1.165) is 51.4 Å². The molecule has 0 aliphatic carbocycles. The first-order chi connectivity index (χ1) is 39.0. The number of nitrogens with one attached hydrogen (secondary N) is 1. The van der Waals surface area contributed by atoms with Crippen molar-refractivity contribution in [1.82, 2.24) is 5.32 Å². The molecule has 0 saturated carbocycles. The predicted octanol–water partition coefficient (Wildman–Crippen LogP) is 17.7. The lowest BCUT2D eigenvalue weighted by molar-refractivity contribution is -0.298. The fraction of sp³-hybridized carbons (Fsp3) is 0.955. The summed E-state index contributed by atoms with van der Waals surface area (Å²) in [6, 6.07) is -0.856. The second-order valence-electron chi connectivity index (χ2n) is 24.5. The van der Waals surface area contributed by atoms with Gasteiger partial charge < -0.3 is 35.2 Å². The molecule has 0 aromatic rings. The van der Waals surface area contributed by atoms with Gasteiger partial charge in [-0.1, -0.05) is 321 Å². The number of rotatable bonds is 62. The normalized spacial score (nSPS) is 18.6. The van der Waals surface area contributed by atoms with E-state index >= 15 is 0 Å². The Morgan fingerprint density at radius 2 is 0.800 bits per heavy atom. The quantitative estimate of drug-likeness (QED) is 0.0193. The van der Waals surface area contributed by atoms with Crippen molar-refractivity contribution in [3.05, 3.63) is 12.2 Å². The second-order valence-corrected chi connectivity index (χ2v) is 25.5. The van der Waals surface area contributed by atoms with Crippen molar-refractivity contribution in [2.75, 3.05) is 13.2 Å². The standard InChI is InChI=1S/C67H131NO11S/c1-3-5-7-9-11-13-15-17-19-21-23-24-25-26-27-28-29-30-31-32-33-34-35-36-37-38-39-41-43-45-47-49-51-53-55-57-63(71)68-60(59-77-67-65(73)66(79-80(74,75)76)64(72)62(58-69)78-67)61(70)56-54-52-50-48-46-44-42-40-22-20-18-16-14-12-10-8-6-4-2/h28-29,60-62,64-67,69-70,72-73H,3-27,30-59H2,1-2H3,(H,68,71)(H,74,75,76)/b29-28-. The van der Waals surface area contributed by atoms with Crippen LogP contribution >= 0.6 is 0 Å². The first kappa shape index (κ1) is 76.9. The molecule has 1 fully saturated rings. The second kappa shape index (κ2) is 56.9. The fourth-order valence-electron chi connectivity index (χ4n) is 11.5. The SMILES string of the molecule is CCCCCCCCCCCCCCCC/C=C\CCCCCCCCCCCCCCCCCCCC(=O)NC(COC1OC(CO)C(O)C(OS(=O)(=O)O)C1O)C(O)CCCCCCCCCCCCCCCCCCCC. The van der Waals surface area contributed by atoms with Crippen LogP contribution in [-0.2, 0) is 28.9 Å². The molecule has 80 heavy (non-hydrogen) atoms. The van der Waals surface area contributed by atoms with Gasteiger partial charge in [0, 0.05) is 6.42 Å². The largest absolute Gasteiger partial charge is 0.397 e. The van der Waals surface area contributed by atoms with Crippen molar-refractivity contribution in [2.24, 2.45) is 0 Å². The number of carbonyl (C=O) groups is 1. The smallest absolute Gasteiger partial charge is 0.394 e.